The Morgan fingerprint density at radius 2 is 2.29 bits per heavy atom. The van der Waals surface area contributed by atoms with Gasteiger partial charge >= 0.3 is 0 Å². The Bertz CT molecular complexity index is 428. The highest BCUT2D eigenvalue weighted by Gasteiger charge is 2.25. The van der Waals surface area contributed by atoms with E-state index in [0.717, 1.165) is 18.4 Å². The highest BCUT2D eigenvalue weighted by Crippen LogP contribution is 2.28. The Morgan fingerprint density at radius 3 is 2.82 bits per heavy atom. The summed E-state index contributed by atoms with van der Waals surface area (Å²) in [5, 5.41) is 0. The van der Waals surface area contributed by atoms with Crippen LogP contribution in [-0.4, -0.2) is 36.0 Å². The normalized spacial score (nSPS) is 14.5. The average molecular weight is 235 g/mol. The van der Waals surface area contributed by atoms with Crippen LogP contribution in [0, 0.1) is 0 Å². The van der Waals surface area contributed by atoms with Gasteiger partial charge in [-0.25, -0.2) is 4.98 Å². The summed E-state index contributed by atoms with van der Waals surface area (Å²) in [5.74, 6) is 0.572. The van der Waals surface area contributed by atoms with Gasteiger partial charge in [0, 0.05) is 26.2 Å². The van der Waals surface area contributed by atoms with Crippen molar-refractivity contribution in [1.82, 2.24) is 9.88 Å². The summed E-state index contributed by atoms with van der Waals surface area (Å²) in [6.07, 6.45) is 4.07. The minimum absolute atomic E-state index is 0.127. The zero-order valence-electron chi connectivity index (χ0n) is 10.1. The van der Waals surface area contributed by atoms with Gasteiger partial charge < -0.3 is 15.4 Å². The number of rotatable bonds is 4. The predicted octanol–water partition coefficient (Wildman–Crippen LogP) is 0.783. The van der Waals surface area contributed by atoms with Gasteiger partial charge in [0.25, 0.3) is 5.91 Å². The predicted molar refractivity (Wildman–Crippen MR) is 63.8 cm³/mol. The Morgan fingerprint density at radius 1 is 1.59 bits per heavy atom. The molecule has 2 N–H and O–H groups in total. The Hall–Kier alpha value is -1.62. The number of pyridine rings is 1. The van der Waals surface area contributed by atoms with Crippen LogP contribution >= 0.6 is 0 Å². The molecule has 0 atom stereocenters. The second kappa shape index (κ2) is 4.71. The zero-order chi connectivity index (χ0) is 12.4. The SMILES string of the molecule is CN(C)C(=O)c1cc(CN)c(OC2CC2)cn1. The minimum atomic E-state index is -0.127. The highest BCUT2D eigenvalue weighted by atomic mass is 16.5. The summed E-state index contributed by atoms with van der Waals surface area (Å²) >= 11 is 0. The maximum atomic E-state index is 11.7. The summed E-state index contributed by atoms with van der Waals surface area (Å²) < 4.78 is 5.68. The molecule has 0 bridgehead atoms. The summed E-state index contributed by atoms with van der Waals surface area (Å²) in [7, 11) is 3.39. The third-order valence-electron chi connectivity index (χ3n) is 2.61. The van der Waals surface area contributed by atoms with Gasteiger partial charge in [-0.05, 0) is 18.9 Å². The number of ether oxygens (including phenoxy) is 1. The molecule has 0 unspecified atom stereocenters. The summed E-state index contributed by atoms with van der Waals surface area (Å²) in [6, 6.07) is 1.71. The van der Waals surface area contributed by atoms with Gasteiger partial charge in [-0.3, -0.25) is 4.79 Å². The third kappa shape index (κ3) is 2.74. The lowest BCUT2D eigenvalue weighted by Gasteiger charge is -2.13. The van der Waals surface area contributed by atoms with Crippen LogP contribution < -0.4 is 10.5 Å². The topological polar surface area (TPSA) is 68.5 Å². The van der Waals surface area contributed by atoms with E-state index in [-0.39, 0.29) is 5.91 Å². The molecule has 1 aliphatic carbocycles. The second-order valence-corrected chi connectivity index (χ2v) is 4.40. The molecular weight excluding hydrogens is 218 g/mol. The summed E-state index contributed by atoms with van der Waals surface area (Å²) in [5.41, 5.74) is 6.89. The lowest BCUT2D eigenvalue weighted by Crippen LogP contribution is -2.23. The van der Waals surface area contributed by atoms with Crippen molar-refractivity contribution in [3.63, 3.8) is 0 Å². The van der Waals surface area contributed by atoms with Gasteiger partial charge in [-0.1, -0.05) is 0 Å². The Labute approximate surface area is 101 Å². The molecule has 0 spiro atoms. The van der Waals surface area contributed by atoms with Gasteiger partial charge in [0.2, 0.25) is 0 Å². The van der Waals surface area contributed by atoms with E-state index in [0.29, 0.717) is 24.1 Å². The molecule has 1 aromatic heterocycles. The number of nitrogens with two attached hydrogens (primary N) is 1. The van der Waals surface area contributed by atoms with E-state index < -0.39 is 0 Å². The van der Waals surface area contributed by atoms with Crippen LogP contribution in [0.5, 0.6) is 5.75 Å². The molecular formula is C12H17N3O2. The molecule has 1 aromatic rings. The molecule has 2 rings (SSSR count). The van der Waals surface area contributed by atoms with Crippen molar-refractivity contribution in [1.29, 1.82) is 0 Å². The first-order chi connectivity index (χ1) is 8.11. The third-order valence-corrected chi connectivity index (χ3v) is 2.61. The Kier molecular flexibility index (Phi) is 3.28. The second-order valence-electron chi connectivity index (χ2n) is 4.40. The van der Waals surface area contributed by atoms with E-state index in [1.807, 2.05) is 0 Å². The molecule has 92 valence electrons. The molecule has 1 aliphatic rings. The van der Waals surface area contributed by atoms with Gasteiger partial charge in [0.1, 0.15) is 11.4 Å². The van der Waals surface area contributed by atoms with Crippen LogP contribution in [0.3, 0.4) is 0 Å². The molecule has 0 saturated heterocycles. The van der Waals surface area contributed by atoms with Crippen molar-refractivity contribution in [2.75, 3.05) is 14.1 Å². The first-order valence-electron chi connectivity index (χ1n) is 5.69. The highest BCUT2D eigenvalue weighted by molar-refractivity contribution is 5.92. The van der Waals surface area contributed by atoms with Gasteiger partial charge in [0.05, 0.1) is 12.3 Å². The first kappa shape index (κ1) is 11.9. The molecule has 1 amide bonds. The quantitative estimate of drug-likeness (QED) is 0.837. The fourth-order valence-corrected chi connectivity index (χ4v) is 1.46. The number of carbonyl (C=O) groups is 1. The molecule has 1 fully saturated rings. The number of nitrogens with zero attached hydrogens (tertiary/aromatic N) is 2. The maximum Gasteiger partial charge on any atom is 0.271 e. The molecule has 0 aromatic carbocycles. The molecule has 1 heterocycles. The van der Waals surface area contributed by atoms with Crippen LogP contribution in [-0.2, 0) is 6.54 Å². The standard InChI is InChI=1S/C12H17N3O2/c1-15(2)12(16)10-5-8(6-13)11(7-14-10)17-9-3-4-9/h5,7,9H,3-4,6,13H2,1-2H3. The van der Waals surface area contributed by atoms with Crippen molar-refractivity contribution in [3.05, 3.63) is 23.5 Å². The molecule has 0 radical (unpaired) electrons. The number of aromatic nitrogens is 1. The fraction of sp³-hybridized carbons (Fsp3) is 0.500. The van der Waals surface area contributed by atoms with Gasteiger partial charge in [0.15, 0.2) is 0 Å². The molecule has 0 aliphatic heterocycles. The summed E-state index contributed by atoms with van der Waals surface area (Å²) in [4.78, 5) is 17.3. The van der Waals surface area contributed by atoms with Crippen molar-refractivity contribution < 1.29 is 9.53 Å². The zero-order valence-corrected chi connectivity index (χ0v) is 10.1. The molecule has 17 heavy (non-hydrogen) atoms. The van der Waals surface area contributed by atoms with Crippen LogP contribution in [0.25, 0.3) is 0 Å². The molecule has 5 heteroatoms. The van der Waals surface area contributed by atoms with Crippen LogP contribution in [0.1, 0.15) is 28.9 Å². The van der Waals surface area contributed by atoms with Gasteiger partial charge in [-0.2, -0.15) is 0 Å². The number of hydrogen-bond acceptors (Lipinski definition) is 4. The van der Waals surface area contributed by atoms with Crippen molar-refractivity contribution >= 4 is 5.91 Å². The Balaban J connectivity index is 2.23. The van der Waals surface area contributed by atoms with E-state index in [4.69, 9.17) is 10.5 Å². The fourth-order valence-electron chi connectivity index (χ4n) is 1.46. The largest absolute Gasteiger partial charge is 0.488 e. The van der Waals surface area contributed by atoms with Crippen LogP contribution in [0.4, 0.5) is 0 Å². The van der Waals surface area contributed by atoms with E-state index in [1.165, 1.54) is 4.90 Å². The number of hydrogen-bond donors (Lipinski definition) is 1. The van der Waals surface area contributed by atoms with E-state index in [1.54, 1.807) is 26.4 Å². The van der Waals surface area contributed by atoms with Crippen LogP contribution in [0.15, 0.2) is 12.3 Å². The van der Waals surface area contributed by atoms with Crippen molar-refractivity contribution in [2.24, 2.45) is 5.73 Å². The lowest BCUT2D eigenvalue weighted by molar-refractivity contribution is 0.0821. The monoisotopic (exact) mass is 235 g/mol. The smallest absolute Gasteiger partial charge is 0.271 e. The number of amides is 1. The van der Waals surface area contributed by atoms with Gasteiger partial charge in [-0.15, -0.1) is 0 Å². The first-order valence-corrected chi connectivity index (χ1v) is 5.69. The lowest BCUT2D eigenvalue weighted by atomic mass is 10.2. The maximum absolute atomic E-state index is 11.7. The molecule has 5 nitrogen and oxygen atoms in total. The van der Waals surface area contributed by atoms with E-state index in [2.05, 4.69) is 4.98 Å². The molecule has 1 saturated carbocycles. The number of carbonyl (C=O) groups excluding carboxylic acids is 1. The van der Waals surface area contributed by atoms with Crippen molar-refractivity contribution in [3.8, 4) is 5.75 Å². The summed E-state index contributed by atoms with van der Waals surface area (Å²) in [6.45, 7) is 0.346. The average Bonchev–Trinajstić information content (AvgIpc) is 3.12. The van der Waals surface area contributed by atoms with E-state index in [9.17, 15) is 4.79 Å². The van der Waals surface area contributed by atoms with Crippen molar-refractivity contribution in [2.45, 2.75) is 25.5 Å². The minimum Gasteiger partial charge on any atom is -0.488 e. The van der Waals surface area contributed by atoms with Crippen LogP contribution in [0.2, 0.25) is 0 Å². The van der Waals surface area contributed by atoms with E-state index >= 15 is 0 Å².